The fourth-order valence-electron chi connectivity index (χ4n) is 4.27. The summed E-state index contributed by atoms with van der Waals surface area (Å²) in [6.07, 6.45) is -2.52. The van der Waals surface area contributed by atoms with Gasteiger partial charge in [0.1, 0.15) is 0 Å². The molecule has 1 aromatic heterocycles. The van der Waals surface area contributed by atoms with E-state index in [9.17, 15) is 22.8 Å². The first-order valence-electron chi connectivity index (χ1n) is 11.9. The Morgan fingerprint density at radius 3 is 2.39 bits per heavy atom. The quantitative estimate of drug-likeness (QED) is 0.290. The molecule has 1 fully saturated rings. The molecule has 0 bridgehead atoms. The molecular weight excluding hydrogens is 489 g/mol. The van der Waals surface area contributed by atoms with Crippen LogP contribution >= 0.6 is 11.3 Å². The third-order valence-electron chi connectivity index (χ3n) is 6.33. The van der Waals surface area contributed by atoms with E-state index in [1.165, 1.54) is 24.3 Å². The van der Waals surface area contributed by atoms with Crippen molar-refractivity contribution >= 4 is 44.6 Å². The number of nitrogens with one attached hydrogen (secondary N) is 2. The number of anilines is 2. The van der Waals surface area contributed by atoms with Crippen molar-refractivity contribution in [3.8, 4) is 0 Å². The van der Waals surface area contributed by atoms with E-state index in [4.69, 9.17) is 0 Å². The minimum absolute atomic E-state index is 0.0182. The van der Waals surface area contributed by atoms with Crippen molar-refractivity contribution in [3.63, 3.8) is 0 Å². The maximum atomic E-state index is 13.0. The Morgan fingerprint density at radius 1 is 1.00 bits per heavy atom. The fraction of sp³-hybridized carbons (Fsp3) is 0.385. The van der Waals surface area contributed by atoms with E-state index >= 15 is 0 Å². The molecule has 2 heterocycles. The number of halogens is 3. The first kappa shape index (κ1) is 26.0. The van der Waals surface area contributed by atoms with E-state index in [0.717, 1.165) is 62.7 Å². The van der Waals surface area contributed by atoms with Crippen LogP contribution in [0.4, 0.5) is 29.3 Å². The summed E-state index contributed by atoms with van der Waals surface area (Å²) in [5, 5.41) is 8.44. The van der Waals surface area contributed by atoms with Crippen LogP contribution in [0.1, 0.15) is 35.7 Å². The molecule has 2 N–H and O–H groups in total. The molecule has 1 aliphatic rings. The number of ketones is 1. The highest BCUT2D eigenvalue weighted by molar-refractivity contribution is 7.17. The van der Waals surface area contributed by atoms with E-state index in [2.05, 4.69) is 20.4 Å². The number of rotatable bonds is 8. The van der Waals surface area contributed by atoms with Crippen LogP contribution in [0.3, 0.4) is 0 Å². The Labute approximate surface area is 212 Å². The minimum atomic E-state index is -4.33. The third-order valence-corrected chi connectivity index (χ3v) is 7.26. The standard InChI is InChI=1S/C26H29F3N4O2S/c1-18(34)19-4-7-21(8-5-19)31-25(35)30-10-2-3-11-32-12-14-33(15-13-32)23-17-36-24-16-20(26(27,28)29)6-9-22(23)24/h4-9,16-17H,2-3,10-15H2,1H3,(H2,30,31,35). The van der Waals surface area contributed by atoms with E-state index in [1.54, 1.807) is 30.3 Å². The zero-order valence-electron chi connectivity index (χ0n) is 20.0. The Bertz CT molecular complexity index is 1200. The fourth-order valence-corrected chi connectivity index (χ4v) is 5.28. The van der Waals surface area contributed by atoms with Gasteiger partial charge in [0, 0.05) is 59.4 Å². The van der Waals surface area contributed by atoms with Gasteiger partial charge in [0.05, 0.1) is 11.3 Å². The van der Waals surface area contributed by atoms with Gasteiger partial charge in [0.15, 0.2) is 5.78 Å². The normalized spacial score (nSPS) is 14.7. The molecule has 192 valence electrons. The lowest BCUT2D eigenvalue weighted by Crippen LogP contribution is -2.46. The summed E-state index contributed by atoms with van der Waals surface area (Å²) < 4.78 is 39.6. The number of carbonyl (C=O) groups excluding carboxylic acids is 2. The lowest BCUT2D eigenvalue weighted by atomic mass is 10.1. The zero-order chi connectivity index (χ0) is 25.7. The molecule has 1 aliphatic heterocycles. The predicted octanol–water partition coefficient (Wildman–Crippen LogP) is 5.85. The molecule has 0 aliphatic carbocycles. The molecule has 2 aromatic carbocycles. The van der Waals surface area contributed by atoms with Crippen LogP contribution < -0.4 is 15.5 Å². The number of thiophene rings is 1. The second-order valence-corrected chi connectivity index (χ2v) is 9.79. The van der Waals surface area contributed by atoms with Crippen LogP contribution in [-0.2, 0) is 6.18 Å². The second-order valence-electron chi connectivity index (χ2n) is 8.88. The number of hydrogen-bond donors (Lipinski definition) is 2. The van der Waals surface area contributed by atoms with Gasteiger partial charge < -0.3 is 15.5 Å². The molecule has 4 rings (SSSR count). The van der Waals surface area contributed by atoms with Crippen LogP contribution in [0.25, 0.3) is 10.1 Å². The Hall–Kier alpha value is -3.11. The molecule has 0 spiro atoms. The van der Waals surface area contributed by atoms with Crippen LogP contribution in [0.15, 0.2) is 47.8 Å². The van der Waals surface area contributed by atoms with Crippen molar-refractivity contribution in [2.24, 2.45) is 0 Å². The van der Waals surface area contributed by atoms with Crippen molar-refractivity contribution in [3.05, 3.63) is 59.0 Å². The molecule has 6 nitrogen and oxygen atoms in total. The molecule has 0 saturated carbocycles. The monoisotopic (exact) mass is 518 g/mol. The molecule has 0 atom stereocenters. The van der Waals surface area contributed by atoms with Crippen molar-refractivity contribution in [1.29, 1.82) is 0 Å². The Kier molecular flexibility index (Phi) is 8.15. The van der Waals surface area contributed by atoms with E-state index < -0.39 is 11.7 Å². The number of piperazine rings is 1. The first-order valence-corrected chi connectivity index (χ1v) is 12.8. The largest absolute Gasteiger partial charge is 0.416 e. The average Bonchev–Trinajstić information content (AvgIpc) is 3.27. The highest BCUT2D eigenvalue weighted by Gasteiger charge is 2.31. The van der Waals surface area contributed by atoms with E-state index in [-0.39, 0.29) is 11.8 Å². The molecule has 10 heteroatoms. The van der Waals surface area contributed by atoms with Gasteiger partial charge >= 0.3 is 12.2 Å². The number of nitrogens with zero attached hydrogens (tertiary/aromatic N) is 2. The predicted molar refractivity (Wildman–Crippen MR) is 138 cm³/mol. The third kappa shape index (κ3) is 6.55. The maximum Gasteiger partial charge on any atom is 0.416 e. The van der Waals surface area contributed by atoms with Gasteiger partial charge in [-0.05, 0) is 62.7 Å². The molecule has 0 unspecified atom stereocenters. The second kappa shape index (κ2) is 11.3. The van der Waals surface area contributed by atoms with Crippen LogP contribution in [0, 0.1) is 0 Å². The first-order chi connectivity index (χ1) is 17.2. The summed E-state index contributed by atoms with van der Waals surface area (Å²) in [5.74, 6) is -0.0182. The van der Waals surface area contributed by atoms with Gasteiger partial charge in [0.2, 0.25) is 0 Å². The Balaban J connectivity index is 1.15. The topological polar surface area (TPSA) is 64.7 Å². The highest BCUT2D eigenvalue weighted by Crippen LogP contribution is 2.38. The summed E-state index contributed by atoms with van der Waals surface area (Å²) in [5.41, 5.74) is 1.64. The minimum Gasteiger partial charge on any atom is -0.368 e. The number of amides is 2. The number of urea groups is 1. The van der Waals surface area contributed by atoms with Gasteiger partial charge in [-0.15, -0.1) is 11.3 Å². The van der Waals surface area contributed by atoms with Crippen LogP contribution in [-0.4, -0.2) is 56.0 Å². The summed E-state index contributed by atoms with van der Waals surface area (Å²) >= 11 is 1.35. The number of unbranched alkanes of at least 4 members (excludes halogenated alkanes) is 1. The molecule has 36 heavy (non-hydrogen) atoms. The molecule has 2 amide bonds. The highest BCUT2D eigenvalue weighted by atomic mass is 32.1. The number of hydrogen-bond acceptors (Lipinski definition) is 5. The van der Waals surface area contributed by atoms with Crippen molar-refractivity contribution in [2.75, 3.05) is 49.5 Å². The van der Waals surface area contributed by atoms with Gasteiger partial charge in [-0.2, -0.15) is 13.2 Å². The van der Waals surface area contributed by atoms with Gasteiger partial charge in [-0.25, -0.2) is 4.79 Å². The summed E-state index contributed by atoms with van der Waals surface area (Å²) in [4.78, 5) is 28.0. The lowest BCUT2D eigenvalue weighted by Gasteiger charge is -2.36. The molecular formula is C26H29F3N4O2S. The van der Waals surface area contributed by atoms with E-state index in [1.807, 2.05) is 5.38 Å². The summed E-state index contributed by atoms with van der Waals surface area (Å²) in [6.45, 7) is 6.44. The number of alkyl halides is 3. The molecule has 1 saturated heterocycles. The van der Waals surface area contributed by atoms with Crippen molar-refractivity contribution in [2.45, 2.75) is 25.9 Å². The lowest BCUT2D eigenvalue weighted by molar-refractivity contribution is -0.137. The number of benzene rings is 2. The van der Waals surface area contributed by atoms with Gasteiger partial charge in [-0.1, -0.05) is 6.07 Å². The average molecular weight is 519 g/mol. The summed E-state index contributed by atoms with van der Waals surface area (Å²) in [7, 11) is 0. The van der Waals surface area contributed by atoms with E-state index in [0.29, 0.717) is 22.5 Å². The number of carbonyl (C=O) groups is 2. The SMILES string of the molecule is CC(=O)c1ccc(NC(=O)NCCCCN2CCN(c3csc4cc(C(F)(F)F)ccc34)CC2)cc1. The number of fused-ring (bicyclic) bond motifs is 1. The van der Waals surface area contributed by atoms with Gasteiger partial charge in [0.25, 0.3) is 0 Å². The molecule has 3 aromatic rings. The van der Waals surface area contributed by atoms with Crippen molar-refractivity contribution < 1.29 is 22.8 Å². The maximum absolute atomic E-state index is 13.0. The van der Waals surface area contributed by atoms with Crippen molar-refractivity contribution in [1.82, 2.24) is 10.2 Å². The number of Topliss-reactive ketones (excluding diaryl/α,β-unsaturated/α-hetero) is 1. The zero-order valence-corrected chi connectivity index (χ0v) is 20.8. The Morgan fingerprint density at radius 2 is 1.72 bits per heavy atom. The molecule has 0 radical (unpaired) electrons. The van der Waals surface area contributed by atoms with Crippen LogP contribution in [0.2, 0.25) is 0 Å². The van der Waals surface area contributed by atoms with Crippen LogP contribution in [0.5, 0.6) is 0 Å². The summed E-state index contributed by atoms with van der Waals surface area (Å²) in [6, 6.07) is 10.5. The smallest absolute Gasteiger partial charge is 0.368 e. The van der Waals surface area contributed by atoms with Gasteiger partial charge in [-0.3, -0.25) is 9.69 Å².